The van der Waals surface area contributed by atoms with E-state index in [1.807, 2.05) is 0 Å². The van der Waals surface area contributed by atoms with Gasteiger partial charge in [-0.3, -0.25) is 0 Å². The van der Waals surface area contributed by atoms with Gasteiger partial charge in [-0.2, -0.15) is 0 Å². The first-order chi connectivity index (χ1) is 26.4. The average Bonchev–Trinajstić information content (AvgIpc) is 3.57. The van der Waals surface area contributed by atoms with E-state index in [9.17, 15) is 0 Å². The standard InChI is InChI=1S/C50H43B5/c1-49(2)37-15-9-7-11-29(37)31-20-17-27(24-39(31)49)41-33-13-5-6-14-34(33)42(28-18-21-32-30-12-8-10-16-38(30)50(3,4)40(32)25-28)36-23-26(19-22-35(36)41)43-44(51)46(53)48(55)47(54)45(43)52/h5-25H,51-55H2,1-4H3. The van der Waals surface area contributed by atoms with Crippen molar-refractivity contribution in [3.8, 4) is 55.6 Å². The molecule has 0 bridgehead atoms. The Kier molecular flexibility index (Phi) is 7.32. The average molecular weight is 698 g/mol. The largest absolute Gasteiger partial charge is 0.139 e. The van der Waals surface area contributed by atoms with Crippen LogP contribution in [0.25, 0.3) is 77.2 Å². The van der Waals surface area contributed by atoms with Crippen molar-refractivity contribution in [2.75, 3.05) is 0 Å². The predicted octanol–water partition coefficient (Wildman–Crippen LogP) is 4.90. The van der Waals surface area contributed by atoms with Crippen LogP contribution in [0, 0.1) is 0 Å². The molecule has 10 rings (SSSR count). The molecule has 55 heavy (non-hydrogen) atoms. The summed E-state index contributed by atoms with van der Waals surface area (Å²) in [4.78, 5) is 0. The van der Waals surface area contributed by atoms with Crippen molar-refractivity contribution in [3.05, 3.63) is 150 Å². The van der Waals surface area contributed by atoms with Crippen LogP contribution in [-0.2, 0) is 10.8 Å². The highest BCUT2D eigenvalue weighted by atomic mass is 14.4. The summed E-state index contributed by atoms with van der Waals surface area (Å²) in [7, 11) is 11.5. The van der Waals surface area contributed by atoms with Gasteiger partial charge in [-0.25, -0.2) is 0 Å². The zero-order chi connectivity index (χ0) is 38.1. The summed E-state index contributed by atoms with van der Waals surface area (Å²) in [6, 6.07) is 49.0. The van der Waals surface area contributed by atoms with Crippen LogP contribution in [0.5, 0.6) is 0 Å². The van der Waals surface area contributed by atoms with Crippen molar-refractivity contribution in [2.45, 2.75) is 38.5 Å². The fraction of sp³-hybridized carbons (Fsp3) is 0.120. The molecular formula is C50H43B5. The van der Waals surface area contributed by atoms with Crippen molar-refractivity contribution < 1.29 is 0 Å². The molecule has 0 N–H and O–H groups in total. The number of rotatable bonds is 3. The SMILES string of the molecule is Bc1c(B)c(B)c(-c2ccc3c(-c4ccc5c(c4)C(C)(C)c4ccccc4-5)c4ccccc4c(-c4ccc5c(c4)C(C)(C)c4ccccc4-5)c3c2)c(B)c1B. The van der Waals surface area contributed by atoms with Crippen molar-refractivity contribution in [2.24, 2.45) is 0 Å². The third kappa shape index (κ3) is 4.65. The molecule has 258 valence electrons. The number of fused-ring (bicyclic) bond motifs is 8. The highest BCUT2D eigenvalue weighted by molar-refractivity contribution is 6.68. The molecule has 0 unspecified atom stereocenters. The molecule has 0 nitrogen and oxygen atoms in total. The van der Waals surface area contributed by atoms with Crippen molar-refractivity contribution in [1.29, 1.82) is 0 Å². The second kappa shape index (κ2) is 11.8. The Bertz CT molecular complexity index is 2960. The molecule has 8 aromatic carbocycles. The van der Waals surface area contributed by atoms with E-state index in [2.05, 4.69) is 194 Å². The van der Waals surface area contributed by atoms with Crippen molar-refractivity contribution in [3.63, 3.8) is 0 Å². The molecule has 0 amide bonds. The van der Waals surface area contributed by atoms with Gasteiger partial charge in [0.1, 0.15) is 39.2 Å². The Balaban J connectivity index is 1.30. The number of benzene rings is 8. The van der Waals surface area contributed by atoms with Gasteiger partial charge < -0.3 is 0 Å². The van der Waals surface area contributed by atoms with Crippen LogP contribution in [0.3, 0.4) is 0 Å². The van der Waals surface area contributed by atoms with E-state index in [4.69, 9.17) is 0 Å². The molecule has 0 fully saturated rings. The highest BCUT2D eigenvalue weighted by Gasteiger charge is 2.37. The zero-order valence-electron chi connectivity index (χ0n) is 33.6. The van der Waals surface area contributed by atoms with Gasteiger partial charge in [0.2, 0.25) is 0 Å². The van der Waals surface area contributed by atoms with E-state index in [1.54, 1.807) is 0 Å². The van der Waals surface area contributed by atoms with Crippen molar-refractivity contribution >= 4 is 88.1 Å². The minimum absolute atomic E-state index is 0.0777. The van der Waals surface area contributed by atoms with E-state index in [0.717, 1.165) is 0 Å². The number of hydrogen-bond acceptors (Lipinski definition) is 0. The maximum absolute atomic E-state index is 2.52. The molecule has 0 radical (unpaired) electrons. The van der Waals surface area contributed by atoms with E-state index in [0.29, 0.717) is 0 Å². The lowest BCUT2D eigenvalue weighted by Gasteiger charge is -2.25. The zero-order valence-corrected chi connectivity index (χ0v) is 33.6. The minimum atomic E-state index is -0.0847. The summed E-state index contributed by atoms with van der Waals surface area (Å²) < 4.78 is 0. The third-order valence-corrected chi connectivity index (χ3v) is 14.1. The van der Waals surface area contributed by atoms with Gasteiger partial charge in [0.15, 0.2) is 0 Å². The Morgan fingerprint density at radius 3 is 1.18 bits per heavy atom. The molecule has 2 aliphatic rings. The maximum atomic E-state index is 2.52. The Morgan fingerprint density at radius 1 is 0.309 bits per heavy atom. The maximum Gasteiger partial charge on any atom is 0.139 e. The Labute approximate surface area is 330 Å². The van der Waals surface area contributed by atoms with Gasteiger partial charge >= 0.3 is 0 Å². The number of hydrogen-bond donors (Lipinski definition) is 0. The third-order valence-electron chi connectivity index (χ3n) is 14.1. The lowest BCUT2D eigenvalue weighted by atomic mass is 9.59. The molecule has 0 aromatic heterocycles. The van der Waals surface area contributed by atoms with Crippen LogP contribution in [-0.4, -0.2) is 39.2 Å². The molecule has 0 aliphatic heterocycles. The summed E-state index contributed by atoms with van der Waals surface area (Å²) in [5.74, 6) is 0. The fourth-order valence-electron chi connectivity index (χ4n) is 10.6. The summed E-state index contributed by atoms with van der Waals surface area (Å²) in [6.07, 6.45) is 0. The lowest BCUT2D eigenvalue weighted by molar-refractivity contribution is 0.660. The molecule has 0 atom stereocenters. The molecule has 2 aliphatic carbocycles. The lowest BCUT2D eigenvalue weighted by Crippen LogP contribution is -2.55. The molecule has 8 aromatic rings. The Hall–Kier alpha value is -5.40. The first kappa shape index (κ1) is 34.1. The van der Waals surface area contributed by atoms with Crippen LogP contribution < -0.4 is 27.3 Å². The van der Waals surface area contributed by atoms with E-state index < -0.39 is 0 Å². The van der Waals surface area contributed by atoms with Crippen LogP contribution in [0.1, 0.15) is 49.9 Å². The highest BCUT2D eigenvalue weighted by Crippen LogP contribution is 2.53. The van der Waals surface area contributed by atoms with Crippen LogP contribution >= 0.6 is 0 Å². The second-order valence-electron chi connectivity index (χ2n) is 17.4. The predicted molar refractivity (Wildman–Crippen MR) is 254 cm³/mol. The van der Waals surface area contributed by atoms with Crippen LogP contribution in [0.2, 0.25) is 0 Å². The first-order valence-electron chi connectivity index (χ1n) is 19.9. The molecule has 0 spiro atoms. The molecule has 5 heteroatoms. The minimum Gasteiger partial charge on any atom is -0.102 e. The molecular weight excluding hydrogens is 655 g/mol. The molecule has 0 saturated heterocycles. The van der Waals surface area contributed by atoms with Gasteiger partial charge in [0, 0.05) is 10.8 Å². The Morgan fingerprint density at radius 2 is 0.673 bits per heavy atom. The first-order valence-corrected chi connectivity index (χ1v) is 19.9. The monoisotopic (exact) mass is 698 g/mol. The molecule has 0 saturated carbocycles. The summed E-state index contributed by atoms with van der Waals surface area (Å²) in [6.45, 7) is 9.55. The molecule has 0 heterocycles. The van der Waals surface area contributed by atoms with Gasteiger partial charge in [0.25, 0.3) is 0 Å². The van der Waals surface area contributed by atoms with Gasteiger partial charge in [0.05, 0.1) is 0 Å². The van der Waals surface area contributed by atoms with Gasteiger partial charge in [-0.15, -0.1) is 16.4 Å². The van der Waals surface area contributed by atoms with Crippen molar-refractivity contribution in [1.82, 2.24) is 0 Å². The summed E-state index contributed by atoms with van der Waals surface area (Å²) in [5.41, 5.74) is 25.7. The topological polar surface area (TPSA) is 0 Å². The second-order valence-corrected chi connectivity index (χ2v) is 17.4. The van der Waals surface area contributed by atoms with E-state index >= 15 is 0 Å². The summed E-state index contributed by atoms with van der Waals surface area (Å²) in [5, 5.41) is 5.19. The summed E-state index contributed by atoms with van der Waals surface area (Å²) >= 11 is 0. The van der Waals surface area contributed by atoms with Gasteiger partial charge in [-0.05, 0) is 118 Å². The fourth-order valence-corrected chi connectivity index (χ4v) is 10.6. The quantitative estimate of drug-likeness (QED) is 0.182. The van der Waals surface area contributed by atoms with Crippen LogP contribution in [0.15, 0.2) is 127 Å². The normalized spacial score (nSPS) is 14.5. The van der Waals surface area contributed by atoms with E-state index in [1.165, 1.54) is 127 Å². The van der Waals surface area contributed by atoms with Crippen LogP contribution in [0.4, 0.5) is 0 Å². The van der Waals surface area contributed by atoms with E-state index in [-0.39, 0.29) is 10.8 Å². The smallest absolute Gasteiger partial charge is 0.102 e. The van der Waals surface area contributed by atoms with Gasteiger partial charge in [-0.1, -0.05) is 148 Å².